The molecule has 0 aliphatic heterocycles. The number of ether oxygens (including phenoxy) is 1. The molecule has 8 heteroatoms. The molecule has 0 bridgehead atoms. The number of aryl methyl sites for hydroxylation is 2. The molecule has 0 atom stereocenters. The van der Waals surface area contributed by atoms with E-state index in [9.17, 15) is 13.2 Å². The zero-order valence-electron chi connectivity index (χ0n) is 16.7. The summed E-state index contributed by atoms with van der Waals surface area (Å²) in [7, 11) is -2.36. The van der Waals surface area contributed by atoms with Crippen molar-refractivity contribution in [3.05, 3.63) is 82.4 Å². The molecule has 2 N–H and O–H groups in total. The number of halogens is 1. The summed E-state index contributed by atoms with van der Waals surface area (Å²) >= 11 is 6.10. The molecular weight excluding hydrogens is 424 g/mol. The van der Waals surface area contributed by atoms with Crippen LogP contribution in [0.2, 0.25) is 5.02 Å². The highest BCUT2D eigenvalue weighted by molar-refractivity contribution is 7.92. The van der Waals surface area contributed by atoms with E-state index in [2.05, 4.69) is 10.0 Å². The molecule has 6 nitrogen and oxygen atoms in total. The monoisotopic (exact) mass is 444 g/mol. The molecule has 0 spiro atoms. The van der Waals surface area contributed by atoms with E-state index in [1.165, 1.54) is 19.2 Å². The Morgan fingerprint density at radius 1 is 0.933 bits per heavy atom. The van der Waals surface area contributed by atoms with E-state index in [0.29, 0.717) is 27.7 Å². The summed E-state index contributed by atoms with van der Waals surface area (Å²) in [5, 5.41) is 3.08. The quantitative estimate of drug-likeness (QED) is 0.559. The third-order valence-electron chi connectivity index (χ3n) is 4.48. The van der Waals surface area contributed by atoms with E-state index in [1.54, 1.807) is 43.3 Å². The lowest BCUT2D eigenvalue weighted by molar-refractivity contribution is 0.102. The lowest BCUT2D eigenvalue weighted by atomic mass is 10.1. The predicted octanol–water partition coefficient (Wildman–Crippen LogP) is 5.02. The van der Waals surface area contributed by atoms with Gasteiger partial charge in [0.25, 0.3) is 15.9 Å². The van der Waals surface area contributed by atoms with Crippen molar-refractivity contribution in [2.45, 2.75) is 18.7 Å². The summed E-state index contributed by atoms with van der Waals surface area (Å²) < 4.78 is 33.2. The lowest BCUT2D eigenvalue weighted by Crippen LogP contribution is -2.17. The van der Waals surface area contributed by atoms with Crippen molar-refractivity contribution in [1.29, 1.82) is 0 Å². The molecule has 0 heterocycles. The van der Waals surface area contributed by atoms with Crippen LogP contribution < -0.4 is 14.8 Å². The van der Waals surface area contributed by atoms with E-state index in [-0.39, 0.29) is 10.5 Å². The average molecular weight is 445 g/mol. The standard InChI is InChI=1S/C22H21ClN2O4S/c1-14-4-7-16(8-5-14)25-30(27,28)18-10-6-15(2)19(13-18)22(26)24-17-9-11-21(29-3)20(23)12-17/h4-13,25H,1-3H3,(H,24,26). The van der Waals surface area contributed by atoms with Crippen LogP contribution in [0.15, 0.2) is 65.6 Å². The number of hydrogen-bond donors (Lipinski definition) is 2. The van der Waals surface area contributed by atoms with Crippen LogP contribution in [-0.2, 0) is 10.0 Å². The van der Waals surface area contributed by atoms with Crippen molar-refractivity contribution in [3.8, 4) is 5.75 Å². The number of carbonyl (C=O) groups is 1. The number of rotatable bonds is 6. The zero-order chi connectivity index (χ0) is 21.9. The zero-order valence-corrected chi connectivity index (χ0v) is 18.3. The van der Waals surface area contributed by atoms with Crippen LogP contribution in [0.25, 0.3) is 0 Å². The molecule has 30 heavy (non-hydrogen) atoms. The molecule has 156 valence electrons. The molecule has 0 radical (unpaired) electrons. The van der Waals surface area contributed by atoms with Gasteiger partial charge >= 0.3 is 0 Å². The van der Waals surface area contributed by atoms with Crippen LogP contribution in [0, 0.1) is 13.8 Å². The number of amides is 1. The van der Waals surface area contributed by atoms with Gasteiger partial charge in [-0.3, -0.25) is 9.52 Å². The molecular formula is C22H21ClN2O4S. The fourth-order valence-corrected chi connectivity index (χ4v) is 4.13. The van der Waals surface area contributed by atoms with Gasteiger partial charge in [-0.15, -0.1) is 0 Å². The van der Waals surface area contributed by atoms with Gasteiger partial charge in [0.15, 0.2) is 0 Å². The number of anilines is 2. The molecule has 0 aromatic heterocycles. The SMILES string of the molecule is COc1ccc(NC(=O)c2cc(S(=O)(=O)Nc3ccc(C)cc3)ccc2C)cc1Cl. The van der Waals surface area contributed by atoms with Gasteiger partial charge in [0, 0.05) is 16.9 Å². The molecule has 0 aliphatic carbocycles. The van der Waals surface area contributed by atoms with Crippen molar-refractivity contribution >= 4 is 38.9 Å². The second-order valence-electron chi connectivity index (χ2n) is 6.75. The van der Waals surface area contributed by atoms with Crippen molar-refractivity contribution in [2.24, 2.45) is 0 Å². The third-order valence-corrected chi connectivity index (χ3v) is 6.15. The van der Waals surface area contributed by atoms with E-state index in [0.717, 1.165) is 5.56 Å². The van der Waals surface area contributed by atoms with Gasteiger partial charge in [-0.1, -0.05) is 35.4 Å². The molecule has 1 amide bonds. The first-order valence-corrected chi connectivity index (χ1v) is 10.9. The van der Waals surface area contributed by atoms with Gasteiger partial charge in [0.1, 0.15) is 5.75 Å². The van der Waals surface area contributed by atoms with Gasteiger partial charge in [-0.25, -0.2) is 8.42 Å². The van der Waals surface area contributed by atoms with Gasteiger partial charge in [-0.2, -0.15) is 0 Å². The second-order valence-corrected chi connectivity index (χ2v) is 8.84. The first kappa shape index (κ1) is 21.7. The van der Waals surface area contributed by atoms with E-state index < -0.39 is 15.9 Å². The van der Waals surface area contributed by atoms with Gasteiger partial charge in [0.2, 0.25) is 0 Å². The highest BCUT2D eigenvalue weighted by Gasteiger charge is 2.19. The molecule has 3 aromatic carbocycles. The Morgan fingerprint density at radius 3 is 2.23 bits per heavy atom. The number of methoxy groups -OCH3 is 1. The van der Waals surface area contributed by atoms with Crippen LogP contribution in [0.1, 0.15) is 21.5 Å². The number of sulfonamides is 1. The summed E-state index contributed by atoms with van der Waals surface area (Å²) in [4.78, 5) is 12.8. The molecule has 3 aromatic rings. The van der Waals surface area contributed by atoms with Crippen LogP contribution >= 0.6 is 11.6 Å². The molecule has 0 aliphatic rings. The Balaban J connectivity index is 1.86. The van der Waals surface area contributed by atoms with Crippen LogP contribution in [0.3, 0.4) is 0 Å². The largest absolute Gasteiger partial charge is 0.495 e. The van der Waals surface area contributed by atoms with Gasteiger partial charge in [-0.05, 0) is 61.9 Å². The predicted molar refractivity (Wildman–Crippen MR) is 119 cm³/mol. The molecule has 0 unspecified atom stereocenters. The van der Waals surface area contributed by atoms with E-state index in [4.69, 9.17) is 16.3 Å². The Morgan fingerprint density at radius 2 is 1.60 bits per heavy atom. The summed E-state index contributed by atoms with van der Waals surface area (Å²) in [6, 6.07) is 16.3. The fourth-order valence-electron chi connectivity index (χ4n) is 2.79. The minimum atomic E-state index is -3.86. The van der Waals surface area contributed by atoms with Crippen molar-refractivity contribution in [3.63, 3.8) is 0 Å². The first-order chi connectivity index (χ1) is 14.2. The Bertz CT molecular complexity index is 1190. The summed E-state index contributed by atoms with van der Waals surface area (Å²) in [5.41, 5.74) is 2.82. The summed E-state index contributed by atoms with van der Waals surface area (Å²) in [5.74, 6) is 0.0437. The Kier molecular flexibility index (Phi) is 6.34. The van der Waals surface area contributed by atoms with Crippen molar-refractivity contribution < 1.29 is 17.9 Å². The fraction of sp³-hybridized carbons (Fsp3) is 0.136. The van der Waals surface area contributed by atoms with Crippen LogP contribution in [-0.4, -0.2) is 21.4 Å². The topological polar surface area (TPSA) is 84.5 Å². The number of nitrogens with one attached hydrogen (secondary N) is 2. The smallest absolute Gasteiger partial charge is 0.261 e. The maximum absolute atomic E-state index is 12.8. The minimum Gasteiger partial charge on any atom is -0.495 e. The highest BCUT2D eigenvalue weighted by Crippen LogP contribution is 2.28. The van der Waals surface area contributed by atoms with Crippen molar-refractivity contribution in [2.75, 3.05) is 17.1 Å². The van der Waals surface area contributed by atoms with Gasteiger partial charge in [0.05, 0.1) is 17.0 Å². The lowest BCUT2D eigenvalue weighted by Gasteiger charge is -2.12. The normalized spacial score (nSPS) is 11.1. The highest BCUT2D eigenvalue weighted by atomic mass is 35.5. The second kappa shape index (κ2) is 8.77. The summed E-state index contributed by atoms with van der Waals surface area (Å²) in [6.07, 6.45) is 0. The van der Waals surface area contributed by atoms with Gasteiger partial charge < -0.3 is 10.1 Å². The first-order valence-electron chi connectivity index (χ1n) is 9.04. The third kappa shape index (κ3) is 4.93. The van der Waals surface area contributed by atoms with Crippen LogP contribution in [0.5, 0.6) is 5.75 Å². The average Bonchev–Trinajstić information content (AvgIpc) is 2.70. The molecule has 0 saturated heterocycles. The summed E-state index contributed by atoms with van der Waals surface area (Å²) in [6.45, 7) is 3.65. The minimum absolute atomic E-state index is 0.00779. The maximum atomic E-state index is 12.8. The molecule has 0 saturated carbocycles. The Hall–Kier alpha value is -3.03. The maximum Gasteiger partial charge on any atom is 0.261 e. The van der Waals surface area contributed by atoms with E-state index in [1.807, 2.05) is 19.1 Å². The molecule has 0 fully saturated rings. The Labute approximate surface area is 180 Å². The number of hydrogen-bond acceptors (Lipinski definition) is 4. The van der Waals surface area contributed by atoms with Crippen LogP contribution in [0.4, 0.5) is 11.4 Å². The van der Waals surface area contributed by atoms with Crippen molar-refractivity contribution in [1.82, 2.24) is 0 Å². The number of benzene rings is 3. The number of carbonyl (C=O) groups excluding carboxylic acids is 1. The van der Waals surface area contributed by atoms with E-state index >= 15 is 0 Å². The molecule has 3 rings (SSSR count).